The zero-order valence-corrected chi connectivity index (χ0v) is 14.5. The first-order valence-electron chi connectivity index (χ1n) is 6.17. The Kier molecular flexibility index (Phi) is 9.30. The molecular formula is C12H23N2O2S3. The topological polar surface area (TPSA) is 46.5 Å². The molecule has 1 rings (SSSR count). The van der Waals surface area contributed by atoms with E-state index in [4.69, 9.17) is 29.5 Å². The molecule has 0 aromatic carbocycles. The molecule has 19 heavy (non-hydrogen) atoms. The molecule has 0 spiro atoms. The minimum atomic E-state index is -0.589. The van der Waals surface area contributed by atoms with E-state index >= 15 is 0 Å². The second kappa shape index (κ2) is 9.20. The molecule has 0 amide bonds. The molecule has 0 aromatic rings. The van der Waals surface area contributed by atoms with Crippen molar-refractivity contribution in [2.75, 3.05) is 28.2 Å². The maximum Gasteiger partial charge on any atom is 0.240 e. The van der Waals surface area contributed by atoms with Gasteiger partial charge in [0.05, 0.1) is 20.2 Å². The lowest BCUT2D eigenvalue weighted by atomic mass is 9.98. The third kappa shape index (κ3) is 9.70. The Morgan fingerprint density at radius 2 is 1.68 bits per heavy atom. The van der Waals surface area contributed by atoms with E-state index in [1.54, 1.807) is 4.90 Å². The smallest absolute Gasteiger partial charge is 0.240 e. The molecule has 111 valence electrons. The summed E-state index contributed by atoms with van der Waals surface area (Å²) < 4.78 is 0.351. The summed E-state index contributed by atoms with van der Waals surface area (Å²) in [6.45, 7) is 0. The van der Waals surface area contributed by atoms with Crippen molar-refractivity contribution in [3.8, 4) is 0 Å². The van der Waals surface area contributed by atoms with Gasteiger partial charge in [0.25, 0.3) is 0 Å². The fourth-order valence-electron chi connectivity index (χ4n) is 1.24. The predicted octanol–water partition coefficient (Wildman–Crippen LogP) is 3.28. The molecule has 1 saturated carbocycles. The standard InChI is InChI=1S/C6H12N2OS3.C6H11O/c1-7(2)5(10)12-6(11)8(3,4)9;7-6-4-2-1-3-5-6/h1-4H3;7H,1-5H2. The first kappa shape index (κ1) is 19.2. The monoisotopic (exact) mass is 323 g/mol. The van der Waals surface area contributed by atoms with E-state index in [2.05, 4.69) is 0 Å². The molecule has 1 radical (unpaired) electrons. The van der Waals surface area contributed by atoms with Gasteiger partial charge in [0, 0.05) is 25.9 Å². The third-order valence-electron chi connectivity index (χ3n) is 2.41. The van der Waals surface area contributed by atoms with Crippen molar-refractivity contribution in [1.29, 1.82) is 0 Å². The number of rotatable bonds is 0. The van der Waals surface area contributed by atoms with Crippen molar-refractivity contribution in [3.05, 3.63) is 11.3 Å². The van der Waals surface area contributed by atoms with Crippen molar-refractivity contribution < 1.29 is 9.75 Å². The lowest BCUT2D eigenvalue weighted by molar-refractivity contribution is -0.736. The van der Waals surface area contributed by atoms with Gasteiger partial charge in [-0.05, 0) is 25.1 Å². The first-order chi connectivity index (χ1) is 8.64. The maximum atomic E-state index is 11.3. The maximum absolute atomic E-state index is 11.3. The van der Waals surface area contributed by atoms with Crippen molar-refractivity contribution in [2.24, 2.45) is 0 Å². The molecule has 4 nitrogen and oxygen atoms in total. The van der Waals surface area contributed by atoms with Crippen LogP contribution < -0.4 is 0 Å². The number of thioether (sulfide) groups is 1. The van der Waals surface area contributed by atoms with Crippen LogP contribution in [0.15, 0.2) is 0 Å². The van der Waals surface area contributed by atoms with E-state index in [9.17, 15) is 5.21 Å². The quantitative estimate of drug-likeness (QED) is 0.419. The van der Waals surface area contributed by atoms with Crippen LogP contribution in [0.1, 0.15) is 32.1 Å². The number of thiocarbonyl (C=S) groups is 2. The van der Waals surface area contributed by atoms with E-state index in [-0.39, 0.29) is 0 Å². The summed E-state index contributed by atoms with van der Waals surface area (Å²) in [6.07, 6.45) is 6.34. The minimum Gasteiger partial charge on any atom is -0.627 e. The van der Waals surface area contributed by atoms with Gasteiger partial charge in [-0.2, -0.15) is 0 Å². The number of hydroxylamine groups is 3. The van der Waals surface area contributed by atoms with Crippen molar-refractivity contribution in [3.63, 3.8) is 0 Å². The summed E-state index contributed by atoms with van der Waals surface area (Å²) in [5, 5.41) is 20.1. The number of nitrogens with zero attached hydrogens (tertiary/aromatic N) is 2. The molecule has 7 heteroatoms. The van der Waals surface area contributed by atoms with Crippen molar-refractivity contribution in [2.45, 2.75) is 32.1 Å². The molecule has 1 aliphatic carbocycles. The predicted molar refractivity (Wildman–Crippen MR) is 90.2 cm³/mol. The summed E-state index contributed by atoms with van der Waals surface area (Å²) >= 11 is 11.0. The van der Waals surface area contributed by atoms with Gasteiger partial charge in [0.15, 0.2) is 0 Å². The number of hydrogen-bond donors (Lipinski definition) is 1. The lowest BCUT2D eigenvalue weighted by Crippen LogP contribution is -2.37. The Bertz CT molecular complexity index is 298. The van der Waals surface area contributed by atoms with Gasteiger partial charge in [-0.15, -0.1) is 0 Å². The van der Waals surface area contributed by atoms with E-state index in [0.717, 1.165) is 24.6 Å². The highest BCUT2D eigenvalue weighted by Gasteiger charge is 2.15. The largest absolute Gasteiger partial charge is 0.627 e. The van der Waals surface area contributed by atoms with Gasteiger partial charge in [0.2, 0.25) is 4.32 Å². The molecule has 0 aromatic heterocycles. The second-order valence-electron chi connectivity index (χ2n) is 5.01. The fourth-order valence-corrected chi connectivity index (χ4v) is 2.42. The van der Waals surface area contributed by atoms with E-state index in [0.29, 0.717) is 14.7 Å². The van der Waals surface area contributed by atoms with Gasteiger partial charge in [-0.1, -0.05) is 31.5 Å². The molecule has 0 heterocycles. The zero-order chi connectivity index (χ0) is 15.1. The third-order valence-corrected chi connectivity index (χ3v) is 4.87. The van der Waals surface area contributed by atoms with Crippen LogP contribution in [0.4, 0.5) is 0 Å². The summed E-state index contributed by atoms with van der Waals surface area (Å²) in [6, 6.07) is 0. The summed E-state index contributed by atoms with van der Waals surface area (Å²) in [5.74, 6) is 0. The molecule has 0 aliphatic heterocycles. The lowest BCUT2D eigenvalue weighted by Gasteiger charge is -2.32. The molecule has 1 aliphatic rings. The zero-order valence-electron chi connectivity index (χ0n) is 12.0. The first-order valence-corrected chi connectivity index (χ1v) is 7.80. The molecule has 1 fully saturated rings. The Morgan fingerprint density at radius 3 is 1.95 bits per heavy atom. The van der Waals surface area contributed by atoms with Crippen molar-refractivity contribution >= 4 is 44.8 Å². The number of aliphatic hydroxyl groups excluding tert-OH is 1. The van der Waals surface area contributed by atoms with Gasteiger partial charge in [-0.3, -0.25) is 0 Å². The van der Waals surface area contributed by atoms with Crippen LogP contribution in [-0.4, -0.2) is 51.5 Å². The SMILES string of the molecule is CN(C)C(=S)SC(=S)[N+](C)(C)[O-].O[C]1CCCCC1. The number of aliphatic hydroxyl groups is 1. The molecule has 0 saturated heterocycles. The van der Waals surface area contributed by atoms with Crippen molar-refractivity contribution in [1.82, 2.24) is 4.90 Å². The fraction of sp³-hybridized carbons (Fsp3) is 0.750. The number of quaternary nitrogens is 1. The summed E-state index contributed by atoms with van der Waals surface area (Å²) in [4.78, 5) is 1.75. The second-order valence-corrected chi connectivity index (χ2v) is 7.27. The highest BCUT2D eigenvalue weighted by atomic mass is 32.2. The van der Waals surface area contributed by atoms with Crippen LogP contribution >= 0.6 is 36.2 Å². The van der Waals surface area contributed by atoms with Crippen LogP contribution in [0.25, 0.3) is 0 Å². The van der Waals surface area contributed by atoms with Crippen LogP contribution in [0.2, 0.25) is 0 Å². The molecule has 0 unspecified atom stereocenters. The van der Waals surface area contributed by atoms with Gasteiger partial charge < -0.3 is 19.9 Å². The normalized spacial score (nSPS) is 16.3. The molecule has 0 atom stereocenters. The Labute approximate surface area is 131 Å². The van der Waals surface area contributed by atoms with Crippen LogP contribution in [0.5, 0.6) is 0 Å². The van der Waals surface area contributed by atoms with Gasteiger partial charge in [0.1, 0.15) is 4.32 Å². The minimum absolute atomic E-state index is 0.328. The highest BCUT2D eigenvalue weighted by molar-refractivity contribution is 8.37. The van der Waals surface area contributed by atoms with Crippen LogP contribution in [0.3, 0.4) is 0 Å². The summed E-state index contributed by atoms with van der Waals surface area (Å²) in [5.41, 5.74) is 0. The van der Waals surface area contributed by atoms with E-state index in [1.807, 2.05) is 14.1 Å². The van der Waals surface area contributed by atoms with Gasteiger partial charge >= 0.3 is 0 Å². The van der Waals surface area contributed by atoms with Gasteiger partial charge in [-0.25, -0.2) is 0 Å². The van der Waals surface area contributed by atoms with E-state index < -0.39 is 4.65 Å². The molecule has 1 N–H and O–H groups in total. The molecule has 0 bridgehead atoms. The average Bonchev–Trinajstić information content (AvgIpc) is 2.29. The Morgan fingerprint density at radius 1 is 1.21 bits per heavy atom. The average molecular weight is 324 g/mol. The molecular weight excluding hydrogens is 300 g/mol. The highest BCUT2D eigenvalue weighted by Crippen LogP contribution is 2.22. The van der Waals surface area contributed by atoms with Crippen LogP contribution in [-0.2, 0) is 0 Å². The van der Waals surface area contributed by atoms with E-state index in [1.165, 1.54) is 33.4 Å². The summed E-state index contributed by atoms with van der Waals surface area (Å²) in [7, 11) is 6.60. The Balaban J connectivity index is 0.000000388. The number of hydrogen-bond acceptors (Lipinski definition) is 5. The Hall–Kier alpha value is 0.210. The van der Waals surface area contributed by atoms with Crippen LogP contribution in [0, 0.1) is 11.3 Å².